The number of ether oxygens (including phenoxy) is 1. The topological polar surface area (TPSA) is 66.8 Å². The van der Waals surface area contributed by atoms with Gasteiger partial charge in [0.2, 0.25) is 0 Å². The zero-order chi connectivity index (χ0) is 24.6. The number of nitrogens with zero attached hydrogens (tertiary/aromatic N) is 1. The van der Waals surface area contributed by atoms with E-state index in [9.17, 15) is 19.1 Å². The predicted molar refractivity (Wildman–Crippen MR) is 130 cm³/mol. The van der Waals surface area contributed by atoms with Gasteiger partial charge in [0, 0.05) is 16.8 Å². The zero-order valence-electron chi connectivity index (χ0n) is 18.3. The Morgan fingerprint density at radius 2 is 1.68 bits per heavy atom. The molecule has 1 N–H and O–H groups in total. The first kappa shape index (κ1) is 23.8. The van der Waals surface area contributed by atoms with Gasteiger partial charge in [-0.1, -0.05) is 41.4 Å². The molecule has 1 fully saturated rings. The van der Waals surface area contributed by atoms with Gasteiger partial charge in [0.15, 0.2) is 0 Å². The van der Waals surface area contributed by atoms with Crippen LogP contribution in [0.25, 0.3) is 5.76 Å². The van der Waals surface area contributed by atoms with Crippen molar-refractivity contribution in [1.82, 2.24) is 0 Å². The lowest BCUT2D eigenvalue weighted by Crippen LogP contribution is -2.29. The van der Waals surface area contributed by atoms with Crippen LogP contribution in [0, 0.1) is 5.82 Å². The molecule has 4 rings (SSSR count). The summed E-state index contributed by atoms with van der Waals surface area (Å²) in [7, 11) is 0. The van der Waals surface area contributed by atoms with Gasteiger partial charge in [-0.05, 0) is 62.4 Å². The van der Waals surface area contributed by atoms with Crippen molar-refractivity contribution < 1.29 is 23.8 Å². The van der Waals surface area contributed by atoms with Crippen molar-refractivity contribution in [2.45, 2.75) is 26.0 Å². The predicted octanol–water partition coefficient (Wildman–Crippen LogP) is 6.55. The van der Waals surface area contributed by atoms with Crippen molar-refractivity contribution in [1.29, 1.82) is 0 Å². The van der Waals surface area contributed by atoms with E-state index in [-0.39, 0.29) is 38.5 Å². The molecule has 1 aliphatic rings. The number of carbonyl (C=O) groups excluding carboxylic acids is 2. The number of ketones is 1. The van der Waals surface area contributed by atoms with Crippen molar-refractivity contribution in [3.8, 4) is 5.75 Å². The summed E-state index contributed by atoms with van der Waals surface area (Å²) in [6.45, 7) is 3.76. The number of hydrogen-bond acceptors (Lipinski definition) is 4. The van der Waals surface area contributed by atoms with Crippen LogP contribution in [-0.2, 0) is 9.59 Å². The molecule has 0 aromatic heterocycles. The Kier molecular flexibility index (Phi) is 6.64. The highest BCUT2D eigenvalue weighted by Crippen LogP contribution is 2.44. The first-order chi connectivity index (χ1) is 16.2. The second-order valence-corrected chi connectivity index (χ2v) is 8.79. The number of rotatable bonds is 5. The maximum atomic E-state index is 14.9. The number of anilines is 1. The average Bonchev–Trinajstić information content (AvgIpc) is 3.06. The van der Waals surface area contributed by atoms with Crippen LogP contribution in [0.1, 0.15) is 31.0 Å². The first-order valence-corrected chi connectivity index (χ1v) is 11.2. The third kappa shape index (κ3) is 4.39. The summed E-state index contributed by atoms with van der Waals surface area (Å²) in [5, 5.41) is 11.6. The average molecular weight is 500 g/mol. The molecule has 1 saturated heterocycles. The molecule has 1 aliphatic heterocycles. The van der Waals surface area contributed by atoms with Crippen molar-refractivity contribution in [2.24, 2.45) is 0 Å². The molecule has 1 heterocycles. The minimum absolute atomic E-state index is 0.0444. The fourth-order valence-electron chi connectivity index (χ4n) is 3.84. The molecule has 0 saturated carbocycles. The number of Topliss-reactive ketones (excluding diaryl/α,β-unsaturated/α-hetero) is 1. The van der Waals surface area contributed by atoms with E-state index in [1.54, 1.807) is 30.3 Å². The van der Waals surface area contributed by atoms with Gasteiger partial charge in [0.05, 0.1) is 27.8 Å². The van der Waals surface area contributed by atoms with E-state index in [1.807, 2.05) is 13.8 Å². The number of hydrogen-bond donors (Lipinski definition) is 1. The fraction of sp³-hybridized carbons (Fsp3) is 0.154. The molecular formula is C26H20Cl2FNO4. The second-order valence-electron chi connectivity index (χ2n) is 7.98. The van der Waals surface area contributed by atoms with Gasteiger partial charge in [-0.15, -0.1) is 0 Å². The minimum Gasteiger partial charge on any atom is -0.507 e. The lowest BCUT2D eigenvalue weighted by molar-refractivity contribution is -0.132. The van der Waals surface area contributed by atoms with Gasteiger partial charge in [0.1, 0.15) is 17.3 Å². The Morgan fingerprint density at radius 3 is 2.29 bits per heavy atom. The highest BCUT2D eigenvalue weighted by atomic mass is 35.5. The maximum Gasteiger partial charge on any atom is 0.300 e. The van der Waals surface area contributed by atoms with E-state index in [4.69, 9.17) is 27.9 Å². The second kappa shape index (κ2) is 9.49. The van der Waals surface area contributed by atoms with Crippen LogP contribution < -0.4 is 9.64 Å². The third-order valence-electron chi connectivity index (χ3n) is 5.33. The van der Waals surface area contributed by atoms with Gasteiger partial charge in [-0.3, -0.25) is 14.5 Å². The van der Waals surface area contributed by atoms with Gasteiger partial charge < -0.3 is 9.84 Å². The summed E-state index contributed by atoms with van der Waals surface area (Å²) in [6, 6.07) is 15.4. The Morgan fingerprint density at radius 1 is 1.00 bits per heavy atom. The maximum absolute atomic E-state index is 14.9. The standard InChI is InChI=1S/C26H20Cl2FNO4/c1-14(2)34-17-10-7-15(8-11-17)24(31)22-23(18-5-3-4-6-21(18)29)30(26(33)25(22)32)16-9-12-19(27)20(28)13-16/h3-14,23,31H,1-2H3/b24-22+. The quantitative estimate of drug-likeness (QED) is 0.245. The smallest absolute Gasteiger partial charge is 0.300 e. The molecule has 8 heteroatoms. The van der Waals surface area contributed by atoms with E-state index in [0.29, 0.717) is 5.75 Å². The normalized spacial score (nSPS) is 17.5. The summed E-state index contributed by atoms with van der Waals surface area (Å²) in [6.07, 6.45) is -0.0444. The number of halogens is 3. The zero-order valence-corrected chi connectivity index (χ0v) is 19.8. The molecule has 3 aromatic rings. The number of carbonyl (C=O) groups is 2. The molecule has 0 aliphatic carbocycles. The van der Waals surface area contributed by atoms with Crippen molar-refractivity contribution >= 4 is 46.3 Å². The SMILES string of the molecule is CC(C)Oc1ccc(/C(O)=C2\C(=O)C(=O)N(c3ccc(Cl)c(Cl)c3)C2c2ccccc2F)cc1. The van der Waals surface area contributed by atoms with Crippen LogP contribution in [0.15, 0.2) is 72.3 Å². The molecule has 1 unspecified atom stereocenters. The molecule has 0 bridgehead atoms. The summed E-state index contributed by atoms with van der Waals surface area (Å²) in [5.74, 6) is -2.35. The van der Waals surface area contributed by atoms with Crippen molar-refractivity contribution in [3.05, 3.63) is 99.3 Å². The fourth-order valence-corrected chi connectivity index (χ4v) is 4.14. The third-order valence-corrected chi connectivity index (χ3v) is 6.06. The van der Waals surface area contributed by atoms with Crippen LogP contribution in [0.5, 0.6) is 5.75 Å². The van der Waals surface area contributed by atoms with Gasteiger partial charge in [-0.2, -0.15) is 0 Å². The Bertz CT molecular complexity index is 1300. The number of aliphatic hydroxyl groups is 1. The largest absolute Gasteiger partial charge is 0.507 e. The van der Waals surface area contributed by atoms with Crippen LogP contribution in [-0.4, -0.2) is 22.9 Å². The van der Waals surface area contributed by atoms with Crippen molar-refractivity contribution in [3.63, 3.8) is 0 Å². The summed E-state index contributed by atoms with van der Waals surface area (Å²) in [5.41, 5.74) is 0.335. The summed E-state index contributed by atoms with van der Waals surface area (Å²) in [4.78, 5) is 27.4. The van der Waals surface area contributed by atoms with E-state index < -0.39 is 29.3 Å². The first-order valence-electron chi connectivity index (χ1n) is 10.5. The lowest BCUT2D eigenvalue weighted by Gasteiger charge is -2.26. The molecule has 3 aromatic carbocycles. The van der Waals surface area contributed by atoms with E-state index in [0.717, 1.165) is 4.90 Å². The van der Waals surface area contributed by atoms with Crippen LogP contribution >= 0.6 is 23.2 Å². The van der Waals surface area contributed by atoms with Crippen LogP contribution in [0.3, 0.4) is 0 Å². The van der Waals surface area contributed by atoms with Crippen LogP contribution in [0.2, 0.25) is 10.0 Å². The molecular weight excluding hydrogens is 480 g/mol. The molecule has 0 radical (unpaired) electrons. The molecule has 1 atom stereocenters. The number of benzene rings is 3. The van der Waals surface area contributed by atoms with Gasteiger partial charge in [0.25, 0.3) is 11.7 Å². The van der Waals surface area contributed by atoms with E-state index in [1.165, 1.54) is 36.4 Å². The summed E-state index contributed by atoms with van der Waals surface area (Å²) < 4.78 is 20.5. The van der Waals surface area contributed by atoms with Crippen molar-refractivity contribution in [2.75, 3.05) is 4.90 Å². The van der Waals surface area contributed by atoms with Gasteiger partial charge >= 0.3 is 0 Å². The Labute approximate surface area is 206 Å². The van der Waals surface area contributed by atoms with Crippen LogP contribution in [0.4, 0.5) is 10.1 Å². The lowest BCUT2D eigenvalue weighted by atomic mass is 9.94. The Balaban J connectivity index is 1.90. The Hall–Kier alpha value is -3.35. The van der Waals surface area contributed by atoms with E-state index >= 15 is 0 Å². The highest BCUT2D eigenvalue weighted by molar-refractivity contribution is 6.52. The molecule has 0 spiro atoms. The molecule has 34 heavy (non-hydrogen) atoms. The highest BCUT2D eigenvalue weighted by Gasteiger charge is 2.47. The number of amides is 1. The molecule has 174 valence electrons. The van der Waals surface area contributed by atoms with Gasteiger partial charge in [-0.25, -0.2) is 4.39 Å². The minimum atomic E-state index is -1.22. The summed E-state index contributed by atoms with van der Waals surface area (Å²) >= 11 is 12.2. The van der Waals surface area contributed by atoms with E-state index in [2.05, 4.69) is 0 Å². The molecule has 1 amide bonds. The number of aliphatic hydroxyl groups excluding tert-OH is 1. The monoisotopic (exact) mass is 499 g/mol. The molecule has 5 nitrogen and oxygen atoms in total.